The van der Waals surface area contributed by atoms with Gasteiger partial charge in [-0.05, 0) is 36.2 Å². The topological polar surface area (TPSA) is 86.8 Å². The summed E-state index contributed by atoms with van der Waals surface area (Å²) in [6, 6.07) is 17.4. The summed E-state index contributed by atoms with van der Waals surface area (Å²) < 4.78 is 53.4. The van der Waals surface area contributed by atoms with E-state index >= 15 is 0 Å². The van der Waals surface area contributed by atoms with E-state index in [1.165, 1.54) is 4.90 Å². The number of likely N-dealkylation sites (N-methyl/N-ethyl adjacent to an activating group) is 1. The molecular formula is C27H28ClF2N3O4S. The molecule has 1 N–H and O–H groups in total. The second kappa shape index (κ2) is 12.8. The number of hydrogen-bond donors (Lipinski definition) is 1. The SMILES string of the molecule is CCNC(=O)[C@H](Cc1ccccc1)N(Cc1ccccc1Cl)C(=O)CN(c1ccc(F)c(F)c1)S(C)(=O)=O. The third-order valence-electron chi connectivity index (χ3n) is 5.79. The monoisotopic (exact) mass is 563 g/mol. The first-order valence-electron chi connectivity index (χ1n) is 11.8. The highest BCUT2D eigenvalue weighted by atomic mass is 35.5. The van der Waals surface area contributed by atoms with Crippen LogP contribution in [-0.2, 0) is 32.6 Å². The maximum absolute atomic E-state index is 14.0. The Kier molecular flexibility index (Phi) is 9.82. The maximum atomic E-state index is 14.0. The highest BCUT2D eigenvalue weighted by Gasteiger charge is 2.33. The van der Waals surface area contributed by atoms with Gasteiger partial charge >= 0.3 is 0 Å². The number of carbonyl (C=O) groups is 2. The summed E-state index contributed by atoms with van der Waals surface area (Å²) in [4.78, 5) is 28.3. The molecule has 1 atom stereocenters. The molecule has 2 amide bonds. The molecule has 0 aliphatic rings. The van der Waals surface area contributed by atoms with Crippen LogP contribution in [0.4, 0.5) is 14.5 Å². The van der Waals surface area contributed by atoms with Crippen molar-refractivity contribution in [1.29, 1.82) is 0 Å². The van der Waals surface area contributed by atoms with Crippen LogP contribution in [-0.4, -0.2) is 50.5 Å². The van der Waals surface area contributed by atoms with Gasteiger partial charge in [-0.2, -0.15) is 0 Å². The molecule has 0 aromatic heterocycles. The lowest BCUT2D eigenvalue weighted by Gasteiger charge is -2.33. The van der Waals surface area contributed by atoms with Gasteiger partial charge in [-0.15, -0.1) is 0 Å². The Labute approximate surface area is 226 Å². The molecule has 0 heterocycles. The number of anilines is 1. The average molecular weight is 564 g/mol. The van der Waals surface area contributed by atoms with Crippen molar-refractivity contribution in [3.05, 3.63) is 101 Å². The first kappa shape index (κ1) is 29.1. The van der Waals surface area contributed by atoms with Gasteiger partial charge in [-0.25, -0.2) is 17.2 Å². The molecular weight excluding hydrogens is 536 g/mol. The third kappa shape index (κ3) is 7.52. The highest BCUT2D eigenvalue weighted by Crippen LogP contribution is 2.24. The quantitative estimate of drug-likeness (QED) is 0.379. The maximum Gasteiger partial charge on any atom is 0.244 e. The Bertz CT molecular complexity index is 1390. The van der Waals surface area contributed by atoms with Crippen LogP contribution in [0.15, 0.2) is 72.8 Å². The van der Waals surface area contributed by atoms with Crippen molar-refractivity contribution in [2.45, 2.75) is 25.9 Å². The van der Waals surface area contributed by atoms with Gasteiger partial charge in [0.2, 0.25) is 21.8 Å². The van der Waals surface area contributed by atoms with Gasteiger partial charge in [0.1, 0.15) is 12.6 Å². The molecule has 0 unspecified atom stereocenters. The predicted octanol–water partition coefficient (Wildman–Crippen LogP) is 4.16. The second-order valence-electron chi connectivity index (χ2n) is 8.58. The van der Waals surface area contributed by atoms with Crippen LogP contribution in [0.1, 0.15) is 18.1 Å². The van der Waals surface area contributed by atoms with Crippen LogP contribution >= 0.6 is 11.6 Å². The number of hydrogen-bond acceptors (Lipinski definition) is 4. The number of amides is 2. The van der Waals surface area contributed by atoms with Crippen molar-refractivity contribution in [3.8, 4) is 0 Å². The number of benzene rings is 3. The van der Waals surface area contributed by atoms with Crippen molar-refractivity contribution in [1.82, 2.24) is 10.2 Å². The summed E-state index contributed by atoms with van der Waals surface area (Å²) in [5, 5.41) is 3.10. The fourth-order valence-electron chi connectivity index (χ4n) is 3.91. The fraction of sp³-hybridized carbons (Fsp3) is 0.259. The lowest BCUT2D eigenvalue weighted by molar-refractivity contribution is -0.140. The zero-order chi connectivity index (χ0) is 27.9. The summed E-state index contributed by atoms with van der Waals surface area (Å²) in [7, 11) is -4.10. The molecule has 11 heteroatoms. The minimum atomic E-state index is -4.10. The number of sulfonamides is 1. The van der Waals surface area contributed by atoms with E-state index in [9.17, 15) is 26.8 Å². The zero-order valence-corrected chi connectivity index (χ0v) is 22.5. The standard InChI is InChI=1S/C27H28ClF2N3O4S/c1-3-31-27(35)25(15-19-9-5-4-6-10-19)32(17-20-11-7-8-12-22(20)28)26(34)18-33(38(2,36)37)21-13-14-23(29)24(30)16-21/h4-14,16,25H,3,15,17-18H2,1-2H3,(H,31,35)/t25-/m0/s1. The smallest absolute Gasteiger partial charge is 0.244 e. The number of halogens is 3. The Morgan fingerprint density at radius 1 is 0.974 bits per heavy atom. The first-order valence-corrected chi connectivity index (χ1v) is 14.0. The minimum Gasteiger partial charge on any atom is -0.355 e. The summed E-state index contributed by atoms with van der Waals surface area (Å²) in [5.74, 6) is -3.59. The molecule has 0 radical (unpaired) electrons. The van der Waals surface area contributed by atoms with Gasteiger partial charge in [0, 0.05) is 30.6 Å². The molecule has 0 saturated heterocycles. The van der Waals surface area contributed by atoms with Crippen LogP contribution in [0.3, 0.4) is 0 Å². The predicted molar refractivity (Wildman–Crippen MR) is 143 cm³/mol. The van der Waals surface area contributed by atoms with Gasteiger partial charge in [0.05, 0.1) is 11.9 Å². The van der Waals surface area contributed by atoms with E-state index in [0.29, 0.717) is 27.5 Å². The van der Waals surface area contributed by atoms with Gasteiger partial charge in [-0.3, -0.25) is 13.9 Å². The summed E-state index contributed by atoms with van der Waals surface area (Å²) >= 11 is 6.36. The van der Waals surface area contributed by atoms with E-state index in [1.807, 2.05) is 18.2 Å². The van der Waals surface area contributed by atoms with Crippen LogP contribution < -0.4 is 9.62 Å². The first-order chi connectivity index (χ1) is 18.0. The largest absolute Gasteiger partial charge is 0.355 e. The van der Waals surface area contributed by atoms with E-state index in [4.69, 9.17) is 11.6 Å². The summed E-state index contributed by atoms with van der Waals surface area (Å²) in [6.45, 7) is 1.20. The van der Waals surface area contributed by atoms with Gasteiger partial charge in [-0.1, -0.05) is 60.1 Å². The molecule has 3 aromatic carbocycles. The van der Waals surface area contributed by atoms with E-state index in [2.05, 4.69) is 5.32 Å². The molecule has 0 fully saturated rings. The normalized spacial score (nSPS) is 12.0. The van der Waals surface area contributed by atoms with E-state index in [1.54, 1.807) is 43.3 Å². The molecule has 0 saturated carbocycles. The molecule has 0 bridgehead atoms. The zero-order valence-electron chi connectivity index (χ0n) is 20.9. The number of rotatable bonds is 11. The van der Waals surface area contributed by atoms with E-state index < -0.39 is 46.1 Å². The van der Waals surface area contributed by atoms with Gasteiger partial charge in [0.25, 0.3) is 0 Å². The van der Waals surface area contributed by atoms with E-state index in [-0.39, 0.29) is 18.7 Å². The molecule has 202 valence electrons. The van der Waals surface area contributed by atoms with Crippen molar-refractivity contribution in [3.63, 3.8) is 0 Å². The molecule has 7 nitrogen and oxygen atoms in total. The molecule has 0 aliphatic carbocycles. The number of nitrogens with zero attached hydrogens (tertiary/aromatic N) is 2. The highest BCUT2D eigenvalue weighted by molar-refractivity contribution is 7.92. The fourth-order valence-corrected chi connectivity index (χ4v) is 4.95. The van der Waals surface area contributed by atoms with Crippen LogP contribution in [0.25, 0.3) is 0 Å². The third-order valence-corrected chi connectivity index (χ3v) is 7.30. The Morgan fingerprint density at radius 2 is 1.63 bits per heavy atom. The lowest BCUT2D eigenvalue weighted by atomic mass is 10.0. The number of carbonyl (C=O) groups excluding carboxylic acids is 2. The molecule has 0 spiro atoms. The minimum absolute atomic E-state index is 0.0947. The second-order valence-corrected chi connectivity index (χ2v) is 10.9. The Balaban J connectivity index is 2.06. The van der Waals surface area contributed by atoms with Crippen molar-refractivity contribution >= 4 is 39.1 Å². The van der Waals surface area contributed by atoms with Crippen molar-refractivity contribution < 1.29 is 26.8 Å². The number of nitrogens with one attached hydrogen (secondary N) is 1. The summed E-state index contributed by atoms with van der Waals surface area (Å²) in [5.41, 5.74) is 1.10. The molecule has 3 aromatic rings. The van der Waals surface area contributed by atoms with Crippen molar-refractivity contribution in [2.75, 3.05) is 23.7 Å². The van der Waals surface area contributed by atoms with Gasteiger partial charge < -0.3 is 10.2 Å². The molecule has 38 heavy (non-hydrogen) atoms. The Hall–Kier alpha value is -3.50. The summed E-state index contributed by atoms with van der Waals surface area (Å²) in [6.07, 6.45) is 0.998. The van der Waals surface area contributed by atoms with Crippen LogP contribution in [0.5, 0.6) is 0 Å². The molecule has 0 aliphatic heterocycles. The van der Waals surface area contributed by atoms with E-state index in [0.717, 1.165) is 24.0 Å². The van der Waals surface area contributed by atoms with Gasteiger partial charge in [0.15, 0.2) is 11.6 Å². The van der Waals surface area contributed by atoms with Crippen LogP contribution in [0.2, 0.25) is 5.02 Å². The van der Waals surface area contributed by atoms with Crippen molar-refractivity contribution in [2.24, 2.45) is 0 Å². The molecule has 3 rings (SSSR count). The van der Waals surface area contributed by atoms with Crippen LogP contribution in [0, 0.1) is 11.6 Å². The lowest BCUT2D eigenvalue weighted by Crippen LogP contribution is -2.53. The Morgan fingerprint density at radius 3 is 2.24 bits per heavy atom. The average Bonchev–Trinajstić information content (AvgIpc) is 2.87.